The molecule has 28 heavy (non-hydrogen) atoms. The van der Waals surface area contributed by atoms with Gasteiger partial charge in [-0.1, -0.05) is 51.1 Å². The Balaban J connectivity index is 1.82. The highest BCUT2D eigenvalue weighted by Gasteiger charge is 2.22. The number of benzene rings is 1. The molecule has 2 N–H and O–H groups in total. The van der Waals surface area contributed by atoms with Crippen LogP contribution in [0.3, 0.4) is 0 Å². The third-order valence-corrected chi connectivity index (χ3v) is 4.99. The number of aryl methyl sites for hydroxylation is 2. The van der Waals surface area contributed by atoms with E-state index in [9.17, 15) is 0 Å². The number of aromatic nitrogens is 6. The van der Waals surface area contributed by atoms with Crippen molar-refractivity contribution in [2.45, 2.75) is 46.6 Å². The van der Waals surface area contributed by atoms with Gasteiger partial charge in [-0.15, -0.1) is 0 Å². The van der Waals surface area contributed by atoms with Gasteiger partial charge in [0.2, 0.25) is 0 Å². The summed E-state index contributed by atoms with van der Waals surface area (Å²) in [6, 6.07) is 12.4. The van der Waals surface area contributed by atoms with Crippen LogP contribution in [-0.4, -0.2) is 29.9 Å². The van der Waals surface area contributed by atoms with Gasteiger partial charge in [0.25, 0.3) is 0 Å². The molecule has 0 aliphatic heterocycles. The average Bonchev–Trinajstić information content (AvgIpc) is 3.36. The number of imidazole rings is 1. The van der Waals surface area contributed by atoms with Crippen molar-refractivity contribution in [3.63, 3.8) is 0 Å². The second kappa shape index (κ2) is 6.78. The molecule has 4 rings (SSSR count). The summed E-state index contributed by atoms with van der Waals surface area (Å²) in [6.07, 6.45) is 1.90. The molecule has 0 fully saturated rings. The molecule has 3 heterocycles. The first-order valence-electron chi connectivity index (χ1n) is 9.52. The van der Waals surface area contributed by atoms with E-state index in [-0.39, 0.29) is 5.41 Å². The van der Waals surface area contributed by atoms with Crippen LogP contribution >= 0.6 is 0 Å². The fourth-order valence-electron chi connectivity index (χ4n) is 3.48. The number of aromatic amines is 2. The second-order valence-electron chi connectivity index (χ2n) is 8.27. The van der Waals surface area contributed by atoms with E-state index in [4.69, 9.17) is 4.98 Å². The van der Waals surface area contributed by atoms with Crippen molar-refractivity contribution >= 4 is 0 Å². The molecule has 3 aromatic heterocycles. The summed E-state index contributed by atoms with van der Waals surface area (Å²) >= 11 is 0. The second-order valence-corrected chi connectivity index (χ2v) is 8.27. The molecule has 0 unspecified atom stereocenters. The first-order chi connectivity index (χ1) is 13.3. The molecule has 6 nitrogen and oxygen atoms in total. The first kappa shape index (κ1) is 18.2. The molecule has 0 amide bonds. The molecule has 4 aromatic rings. The smallest absolute Gasteiger partial charge is 0.0964 e. The topological polar surface area (TPSA) is 75.2 Å². The van der Waals surface area contributed by atoms with E-state index in [0.717, 1.165) is 45.3 Å². The highest BCUT2D eigenvalue weighted by molar-refractivity contribution is 5.80. The quantitative estimate of drug-likeness (QED) is 0.547. The zero-order valence-electron chi connectivity index (χ0n) is 17.0. The van der Waals surface area contributed by atoms with Gasteiger partial charge in [-0.25, -0.2) is 4.98 Å². The Morgan fingerprint density at radius 1 is 1.00 bits per heavy atom. The van der Waals surface area contributed by atoms with E-state index in [1.807, 2.05) is 31.5 Å². The number of H-pyrrole nitrogens is 2. The van der Waals surface area contributed by atoms with Crippen molar-refractivity contribution < 1.29 is 0 Å². The van der Waals surface area contributed by atoms with Crippen molar-refractivity contribution in [3.05, 3.63) is 65.5 Å². The molecule has 0 aliphatic rings. The molecule has 144 valence electrons. The van der Waals surface area contributed by atoms with Crippen LogP contribution in [-0.2, 0) is 12.0 Å². The fourth-order valence-corrected chi connectivity index (χ4v) is 3.48. The molecule has 0 bridgehead atoms. The molecule has 0 atom stereocenters. The summed E-state index contributed by atoms with van der Waals surface area (Å²) in [5.41, 5.74) is 8.37. The zero-order chi connectivity index (χ0) is 19.9. The molecule has 0 saturated heterocycles. The summed E-state index contributed by atoms with van der Waals surface area (Å²) in [6.45, 7) is 11.3. The fraction of sp³-hybridized carbons (Fsp3) is 0.318. The van der Waals surface area contributed by atoms with Crippen molar-refractivity contribution in [2.24, 2.45) is 0 Å². The highest BCUT2D eigenvalue weighted by Crippen LogP contribution is 2.34. The van der Waals surface area contributed by atoms with E-state index in [0.29, 0.717) is 6.54 Å². The van der Waals surface area contributed by atoms with Crippen LogP contribution in [0.1, 0.15) is 43.5 Å². The van der Waals surface area contributed by atoms with Crippen LogP contribution in [0.15, 0.2) is 42.7 Å². The molecule has 6 heteroatoms. The largest absolute Gasteiger partial charge is 0.324 e. The third kappa shape index (κ3) is 3.26. The summed E-state index contributed by atoms with van der Waals surface area (Å²) in [5, 5.41) is 15.2. The Kier molecular flexibility index (Phi) is 4.41. The van der Waals surface area contributed by atoms with Gasteiger partial charge in [-0.05, 0) is 19.9 Å². The number of nitrogens with one attached hydrogen (secondary N) is 2. The van der Waals surface area contributed by atoms with E-state index < -0.39 is 0 Å². The van der Waals surface area contributed by atoms with Gasteiger partial charge >= 0.3 is 0 Å². The van der Waals surface area contributed by atoms with Crippen LogP contribution in [0.25, 0.3) is 22.5 Å². The number of rotatable bonds is 4. The third-order valence-electron chi connectivity index (χ3n) is 4.99. The Morgan fingerprint density at radius 2 is 1.75 bits per heavy atom. The van der Waals surface area contributed by atoms with Crippen LogP contribution in [0.5, 0.6) is 0 Å². The lowest BCUT2D eigenvalue weighted by molar-refractivity contribution is 0.567. The van der Waals surface area contributed by atoms with Crippen LogP contribution < -0.4 is 0 Å². The van der Waals surface area contributed by atoms with Crippen LogP contribution in [0.4, 0.5) is 0 Å². The lowest BCUT2D eigenvalue weighted by atomic mass is 9.92. The van der Waals surface area contributed by atoms with E-state index in [1.165, 1.54) is 0 Å². The van der Waals surface area contributed by atoms with E-state index in [2.05, 4.69) is 70.9 Å². The minimum absolute atomic E-state index is 0.0133. The van der Waals surface area contributed by atoms with E-state index in [1.54, 1.807) is 0 Å². The Morgan fingerprint density at radius 3 is 2.36 bits per heavy atom. The number of hydrogen-bond acceptors (Lipinski definition) is 3. The monoisotopic (exact) mass is 374 g/mol. The van der Waals surface area contributed by atoms with Crippen LogP contribution in [0, 0.1) is 13.8 Å². The minimum Gasteiger partial charge on any atom is -0.324 e. The minimum atomic E-state index is 0.0133. The van der Waals surface area contributed by atoms with Gasteiger partial charge < -0.3 is 4.57 Å². The Bertz CT molecular complexity index is 1070. The number of hydrogen-bond donors (Lipinski definition) is 2. The SMILES string of the molecule is Cc1n[nH]c(C)c1-c1c(-c2ccccc2)ncn1Cc1cc(C(C)(C)C)n[nH]1. The maximum Gasteiger partial charge on any atom is 0.0964 e. The molecule has 0 spiro atoms. The zero-order valence-corrected chi connectivity index (χ0v) is 17.0. The van der Waals surface area contributed by atoms with E-state index >= 15 is 0 Å². The van der Waals surface area contributed by atoms with Gasteiger partial charge in [-0.3, -0.25) is 10.2 Å². The lowest BCUT2D eigenvalue weighted by Crippen LogP contribution is -2.11. The van der Waals surface area contributed by atoms with Crippen LogP contribution in [0.2, 0.25) is 0 Å². The summed E-state index contributed by atoms with van der Waals surface area (Å²) in [7, 11) is 0. The Hall–Kier alpha value is -3.15. The van der Waals surface area contributed by atoms with Gasteiger partial charge in [-0.2, -0.15) is 10.2 Å². The summed E-state index contributed by atoms with van der Waals surface area (Å²) in [4.78, 5) is 4.76. The van der Waals surface area contributed by atoms with Gasteiger partial charge in [0.05, 0.1) is 41.3 Å². The molecule has 0 radical (unpaired) electrons. The predicted octanol–water partition coefficient (Wildman–Crippen LogP) is 4.63. The molecular formula is C22H26N6. The maximum absolute atomic E-state index is 4.76. The van der Waals surface area contributed by atoms with Crippen molar-refractivity contribution in [1.29, 1.82) is 0 Å². The van der Waals surface area contributed by atoms with Crippen molar-refractivity contribution in [2.75, 3.05) is 0 Å². The van der Waals surface area contributed by atoms with Crippen molar-refractivity contribution in [3.8, 4) is 22.5 Å². The van der Waals surface area contributed by atoms with Gasteiger partial charge in [0.15, 0.2) is 0 Å². The molecular weight excluding hydrogens is 348 g/mol. The molecule has 1 aromatic carbocycles. The van der Waals surface area contributed by atoms with Crippen molar-refractivity contribution in [1.82, 2.24) is 29.9 Å². The lowest BCUT2D eigenvalue weighted by Gasteiger charge is -2.13. The number of nitrogens with zero attached hydrogens (tertiary/aromatic N) is 4. The molecule has 0 saturated carbocycles. The predicted molar refractivity (Wildman–Crippen MR) is 111 cm³/mol. The summed E-state index contributed by atoms with van der Waals surface area (Å²) < 4.78 is 2.17. The maximum atomic E-state index is 4.76. The first-order valence-corrected chi connectivity index (χ1v) is 9.52. The van der Waals surface area contributed by atoms with Gasteiger partial charge in [0, 0.05) is 22.2 Å². The highest BCUT2D eigenvalue weighted by atomic mass is 15.2. The average molecular weight is 374 g/mol. The summed E-state index contributed by atoms with van der Waals surface area (Å²) in [5.74, 6) is 0. The standard InChI is InChI=1S/C22H26N6/c1-14-19(15(2)25-24-14)21-20(16-9-7-6-8-10-16)23-13-28(21)12-17-11-18(27-26-17)22(3,4)5/h6-11,13H,12H2,1-5H3,(H,24,25)(H,26,27). The normalized spacial score (nSPS) is 11.9. The Labute approximate surface area is 165 Å². The molecule has 0 aliphatic carbocycles. The van der Waals surface area contributed by atoms with Gasteiger partial charge in [0.1, 0.15) is 0 Å².